The smallest absolute Gasteiger partial charge is 0.0485 e. The van der Waals surface area contributed by atoms with E-state index in [1.807, 2.05) is 0 Å². The summed E-state index contributed by atoms with van der Waals surface area (Å²) in [5.41, 5.74) is 0. The summed E-state index contributed by atoms with van der Waals surface area (Å²) in [5.74, 6) is 0.676. The monoisotopic (exact) mass is 228 g/mol. The average Bonchev–Trinajstić information content (AvgIpc) is 1.35. The van der Waals surface area contributed by atoms with E-state index in [0.717, 1.165) is 6.61 Å². The molecule has 0 aromatic rings. The van der Waals surface area contributed by atoms with Crippen molar-refractivity contribution in [3.05, 3.63) is 0 Å². The largest absolute Gasteiger partial charge is 0.384 e. The topological polar surface area (TPSA) is 9.23 Å². The van der Waals surface area contributed by atoms with Gasteiger partial charge in [-0.2, -0.15) is 0 Å². The molecule has 0 radical (unpaired) electrons. The molecule has 0 saturated carbocycles. The molecular weight excluding hydrogens is 216 g/mol. The van der Waals surface area contributed by atoms with E-state index in [0.29, 0.717) is 5.92 Å². The number of rotatable bonds is 2. The van der Waals surface area contributed by atoms with Gasteiger partial charge in [-0.25, -0.2) is 0 Å². The van der Waals surface area contributed by atoms with Crippen LogP contribution < -0.4 is 0 Å². The first-order chi connectivity index (χ1) is 2.77. The molecule has 0 saturated heterocycles. The van der Waals surface area contributed by atoms with Crippen LogP contribution in [0.3, 0.4) is 0 Å². The molecule has 0 rings (SSSR count). The van der Waals surface area contributed by atoms with Crippen LogP contribution >= 0.6 is 0 Å². The van der Waals surface area contributed by atoms with Crippen molar-refractivity contribution in [3.8, 4) is 0 Å². The van der Waals surface area contributed by atoms with Crippen LogP contribution in [0.1, 0.15) is 13.8 Å². The Morgan fingerprint density at radius 3 is 1.86 bits per heavy atom. The zero-order chi connectivity index (χ0) is 4.99. The molecule has 42 valence electrons. The molecule has 1 nitrogen and oxygen atoms in total. The molecule has 0 N–H and O–H groups in total. The van der Waals surface area contributed by atoms with Gasteiger partial charge in [-0.1, -0.05) is 13.8 Å². The van der Waals surface area contributed by atoms with Gasteiger partial charge in [0.05, 0.1) is 0 Å². The fourth-order valence-corrected chi connectivity index (χ4v) is 0.333. The summed E-state index contributed by atoms with van der Waals surface area (Å²) in [7, 11) is 1.72. The van der Waals surface area contributed by atoms with E-state index in [-0.39, 0.29) is 41.7 Å². The predicted octanol–water partition coefficient (Wildman–Crippen LogP) is 1.29. The normalized spacial score (nSPS) is 8.57. The maximum absolute atomic E-state index is 4.80. The third-order valence-corrected chi connectivity index (χ3v) is 0.500. The SMILES string of the molecule is COCC(C)C.[Ce]. The molecular formula is C5H12CeO. The summed E-state index contributed by atoms with van der Waals surface area (Å²) >= 11 is 0. The summed E-state index contributed by atoms with van der Waals surface area (Å²) in [6.45, 7) is 5.13. The first-order valence-corrected chi connectivity index (χ1v) is 2.26. The Balaban J connectivity index is 0. The van der Waals surface area contributed by atoms with E-state index in [1.54, 1.807) is 7.11 Å². The Kier molecular flexibility index (Phi) is 11.7. The van der Waals surface area contributed by atoms with Crippen molar-refractivity contribution in [2.75, 3.05) is 13.7 Å². The summed E-state index contributed by atoms with van der Waals surface area (Å²) in [4.78, 5) is 0. The second-order valence-corrected chi connectivity index (χ2v) is 1.85. The van der Waals surface area contributed by atoms with Gasteiger partial charge in [0.25, 0.3) is 0 Å². The van der Waals surface area contributed by atoms with Crippen molar-refractivity contribution in [1.82, 2.24) is 0 Å². The average molecular weight is 228 g/mol. The van der Waals surface area contributed by atoms with E-state index in [4.69, 9.17) is 4.74 Å². The van der Waals surface area contributed by atoms with Gasteiger partial charge < -0.3 is 4.74 Å². The van der Waals surface area contributed by atoms with Crippen molar-refractivity contribution in [1.29, 1.82) is 0 Å². The van der Waals surface area contributed by atoms with Crippen LogP contribution in [-0.4, -0.2) is 13.7 Å². The second kappa shape index (κ2) is 7.34. The first kappa shape index (κ1) is 11.2. The number of hydrogen-bond acceptors (Lipinski definition) is 1. The Hall–Kier alpha value is 1.34. The van der Waals surface area contributed by atoms with Crippen LogP contribution in [-0.2, 0) is 4.74 Å². The zero-order valence-electron chi connectivity index (χ0n) is 5.19. The van der Waals surface area contributed by atoms with Gasteiger partial charge in [0.15, 0.2) is 0 Å². The van der Waals surface area contributed by atoms with Crippen molar-refractivity contribution < 1.29 is 46.5 Å². The molecule has 0 spiro atoms. The van der Waals surface area contributed by atoms with Crippen molar-refractivity contribution in [2.45, 2.75) is 13.8 Å². The summed E-state index contributed by atoms with van der Waals surface area (Å²) in [6.07, 6.45) is 0. The summed E-state index contributed by atoms with van der Waals surface area (Å²) in [6, 6.07) is 0. The van der Waals surface area contributed by atoms with Crippen LogP contribution in [0.2, 0.25) is 0 Å². The maximum Gasteiger partial charge on any atom is 0.0485 e. The standard InChI is InChI=1S/C5H12O.Ce/c1-5(2)4-6-3;/h5H,4H2,1-3H3;. The van der Waals surface area contributed by atoms with Crippen LogP contribution in [0.25, 0.3) is 0 Å². The van der Waals surface area contributed by atoms with Gasteiger partial charge >= 0.3 is 0 Å². The minimum Gasteiger partial charge on any atom is -0.384 e. The Morgan fingerprint density at radius 1 is 1.43 bits per heavy atom. The van der Waals surface area contributed by atoms with E-state index < -0.39 is 0 Å². The zero-order valence-corrected chi connectivity index (χ0v) is 8.33. The quantitative estimate of drug-likeness (QED) is 0.692. The summed E-state index contributed by atoms with van der Waals surface area (Å²) < 4.78 is 4.80. The molecule has 0 aromatic carbocycles. The number of hydrogen-bond donors (Lipinski definition) is 0. The fourth-order valence-electron chi connectivity index (χ4n) is 0.333. The molecule has 0 aliphatic rings. The van der Waals surface area contributed by atoms with E-state index >= 15 is 0 Å². The van der Waals surface area contributed by atoms with E-state index in [1.165, 1.54) is 0 Å². The third-order valence-electron chi connectivity index (χ3n) is 0.500. The molecule has 0 unspecified atom stereocenters. The van der Waals surface area contributed by atoms with Crippen molar-refractivity contribution in [2.24, 2.45) is 5.92 Å². The van der Waals surface area contributed by atoms with Crippen molar-refractivity contribution >= 4 is 0 Å². The minimum atomic E-state index is 0. The predicted molar refractivity (Wildman–Crippen MR) is 26.7 cm³/mol. The van der Waals surface area contributed by atoms with Gasteiger partial charge in [-0.3, -0.25) is 0 Å². The third kappa shape index (κ3) is 11.1. The fraction of sp³-hybridized carbons (Fsp3) is 1.00. The van der Waals surface area contributed by atoms with Gasteiger partial charge in [0, 0.05) is 55.5 Å². The van der Waals surface area contributed by atoms with Gasteiger partial charge in [0.1, 0.15) is 0 Å². The Bertz CT molecular complexity index is 29.3. The van der Waals surface area contributed by atoms with Gasteiger partial charge in [0.2, 0.25) is 0 Å². The molecule has 0 aliphatic heterocycles. The summed E-state index contributed by atoms with van der Waals surface area (Å²) in [5, 5.41) is 0. The molecule has 0 amide bonds. The Morgan fingerprint density at radius 2 is 1.86 bits per heavy atom. The molecule has 0 heterocycles. The minimum absolute atomic E-state index is 0. The van der Waals surface area contributed by atoms with Crippen LogP contribution in [0.15, 0.2) is 0 Å². The molecule has 0 atom stereocenters. The maximum atomic E-state index is 4.80. The number of ether oxygens (including phenoxy) is 1. The second-order valence-electron chi connectivity index (χ2n) is 1.85. The Labute approximate surface area is 79.2 Å². The molecule has 0 fully saturated rings. The van der Waals surface area contributed by atoms with Crippen molar-refractivity contribution in [3.63, 3.8) is 0 Å². The molecule has 0 aromatic heterocycles. The molecule has 2 heteroatoms. The molecule has 7 heavy (non-hydrogen) atoms. The van der Waals surface area contributed by atoms with Gasteiger partial charge in [-0.15, -0.1) is 0 Å². The van der Waals surface area contributed by atoms with E-state index in [9.17, 15) is 0 Å². The van der Waals surface area contributed by atoms with Crippen LogP contribution in [0, 0.1) is 47.7 Å². The molecule has 0 bridgehead atoms. The van der Waals surface area contributed by atoms with Gasteiger partial charge in [-0.05, 0) is 5.92 Å². The molecule has 0 aliphatic carbocycles. The van der Waals surface area contributed by atoms with Crippen LogP contribution in [0.4, 0.5) is 0 Å². The first-order valence-electron chi connectivity index (χ1n) is 2.26. The number of methoxy groups -OCH3 is 1. The van der Waals surface area contributed by atoms with E-state index in [2.05, 4.69) is 13.8 Å². The van der Waals surface area contributed by atoms with Crippen LogP contribution in [0.5, 0.6) is 0 Å².